The lowest BCUT2D eigenvalue weighted by molar-refractivity contribution is -0.126. The number of benzene rings is 2. The highest BCUT2D eigenvalue weighted by molar-refractivity contribution is 6.43. The van der Waals surface area contributed by atoms with Crippen LogP contribution in [-0.2, 0) is 4.79 Å². The van der Waals surface area contributed by atoms with Crippen molar-refractivity contribution in [1.29, 1.82) is 0 Å². The van der Waals surface area contributed by atoms with Gasteiger partial charge in [-0.3, -0.25) is 14.6 Å². The third-order valence-corrected chi connectivity index (χ3v) is 9.25. The van der Waals surface area contributed by atoms with Gasteiger partial charge in [0, 0.05) is 61.8 Å². The van der Waals surface area contributed by atoms with Crippen LogP contribution in [0.25, 0.3) is 16.9 Å². The molecule has 4 aromatic rings. The number of carbonyl (C=O) groups is 2. The highest BCUT2D eigenvalue weighted by Crippen LogP contribution is 2.41. The first-order chi connectivity index (χ1) is 21.1. The van der Waals surface area contributed by atoms with Gasteiger partial charge in [-0.2, -0.15) is 0 Å². The van der Waals surface area contributed by atoms with Gasteiger partial charge in [-0.05, 0) is 73.6 Å². The summed E-state index contributed by atoms with van der Waals surface area (Å²) in [4.78, 5) is 40.3. The predicted molar refractivity (Wildman–Crippen MR) is 169 cm³/mol. The number of hydrogen-bond acceptors (Lipinski definition) is 5. The van der Waals surface area contributed by atoms with Gasteiger partial charge in [0.1, 0.15) is 17.5 Å². The Labute approximate surface area is 251 Å². The number of amides is 2. The zero-order valence-corrected chi connectivity index (χ0v) is 24.2. The average molecular weight is 573 g/mol. The number of fused-ring (bicyclic) bond motifs is 1. The number of likely N-dealkylation sites (tertiary alicyclic amines) is 2. The van der Waals surface area contributed by atoms with E-state index >= 15 is 0 Å². The van der Waals surface area contributed by atoms with Crippen molar-refractivity contribution in [1.82, 2.24) is 19.2 Å². The summed E-state index contributed by atoms with van der Waals surface area (Å²) in [7, 11) is 0. The number of pyridine rings is 1. The standard InChI is InChI=1S/C35H36N6O2/c42-33(27-9-6-8-26(24-27)30-25-41-19-5-4-14-32(41)38-30)39-20-15-35(16-21-39)17-22-40(23-18-35)34(43)29-12-7-13-31(37-29)36-28-10-2-1-3-11-28/h1-12,14,19,24-25,31,36H,13,15-18,20-23H2. The summed E-state index contributed by atoms with van der Waals surface area (Å²) in [6.45, 7) is 2.95. The molecule has 0 bridgehead atoms. The number of nitrogens with zero attached hydrogens (tertiary/aromatic N) is 5. The smallest absolute Gasteiger partial charge is 0.272 e. The first-order valence-corrected chi connectivity index (χ1v) is 15.2. The van der Waals surface area contributed by atoms with E-state index in [1.165, 1.54) is 0 Å². The zero-order valence-electron chi connectivity index (χ0n) is 24.2. The molecule has 5 heterocycles. The molecule has 2 aromatic heterocycles. The maximum atomic E-state index is 13.5. The van der Waals surface area contributed by atoms with Gasteiger partial charge in [0.2, 0.25) is 0 Å². The first kappa shape index (κ1) is 27.1. The Morgan fingerprint density at radius 1 is 0.814 bits per heavy atom. The van der Waals surface area contributed by atoms with Crippen LogP contribution in [0.15, 0.2) is 102 Å². The number of hydrogen-bond donors (Lipinski definition) is 1. The Hall–Kier alpha value is -4.72. The van der Waals surface area contributed by atoms with E-state index < -0.39 is 0 Å². The van der Waals surface area contributed by atoms with Gasteiger partial charge < -0.3 is 19.5 Å². The van der Waals surface area contributed by atoms with Gasteiger partial charge in [-0.15, -0.1) is 0 Å². The fraction of sp³-hybridized carbons (Fsp3) is 0.314. The number of piperidine rings is 2. The second-order valence-electron chi connectivity index (χ2n) is 11.9. The summed E-state index contributed by atoms with van der Waals surface area (Å²) in [5.41, 5.74) is 5.11. The summed E-state index contributed by atoms with van der Waals surface area (Å²) in [5, 5.41) is 3.41. The Kier molecular flexibility index (Phi) is 7.27. The van der Waals surface area contributed by atoms with Crippen LogP contribution >= 0.6 is 0 Å². The number of para-hydroxylation sites is 1. The van der Waals surface area contributed by atoms with E-state index in [2.05, 4.69) is 5.32 Å². The predicted octanol–water partition coefficient (Wildman–Crippen LogP) is 5.69. The largest absolute Gasteiger partial charge is 0.364 e. The third kappa shape index (κ3) is 5.69. The summed E-state index contributed by atoms with van der Waals surface area (Å²) >= 11 is 0. The van der Waals surface area contributed by atoms with Gasteiger partial charge >= 0.3 is 0 Å². The molecule has 3 aliphatic rings. The van der Waals surface area contributed by atoms with E-state index in [1.54, 1.807) is 0 Å². The van der Waals surface area contributed by atoms with Crippen LogP contribution in [0.5, 0.6) is 0 Å². The van der Waals surface area contributed by atoms with Crippen molar-refractivity contribution >= 4 is 28.9 Å². The number of rotatable bonds is 5. The molecule has 8 heteroatoms. The number of nitrogens with one attached hydrogen (secondary N) is 1. The molecule has 3 aliphatic heterocycles. The van der Waals surface area contributed by atoms with Gasteiger partial charge in [-0.1, -0.05) is 42.5 Å². The highest BCUT2D eigenvalue weighted by atomic mass is 16.2. The molecule has 2 amide bonds. The molecule has 1 spiro atoms. The molecule has 1 N–H and O–H groups in total. The number of aliphatic imine (C=N–C) groups is 1. The molecule has 8 nitrogen and oxygen atoms in total. The fourth-order valence-electron chi connectivity index (χ4n) is 6.61. The molecule has 43 heavy (non-hydrogen) atoms. The normalized spacial score (nSPS) is 19.8. The maximum Gasteiger partial charge on any atom is 0.272 e. The number of imidazole rings is 1. The summed E-state index contributed by atoms with van der Waals surface area (Å²) < 4.78 is 1.99. The molecule has 1 atom stereocenters. The van der Waals surface area contributed by atoms with Crippen molar-refractivity contribution in [2.75, 3.05) is 31.5 Å². The van der Waals surface area contributed by atoms with Crippen molar-refractivity contribution in [3.8, 4) is 11.3 Å². The molecule has 2 fully saturated rings. The minimum absolute atomic E-state index is 0.0174. The Balaban J connectivity index is 0.942. The van der Waals surface area contributed by atoms with Gasteiger partial charge in [0.25, 0.3) is 11.8 Å². The van der Waals surface area contributed by atoms with Crippen LogP contribution in [0, 0.1) is 5.41 Å². The van der Waals surface area contributed by atoms with E-state index in [-0.39, 0.29) is 23.4 Å². The number of carbonyl (C=O) groups excluding carboxylic acids is 2. The SMILES string of the molecule is O=C(C1=NC(Nc2ccccc2)CC=C1)N1CCC2(CC1)CCN(C(=O)c1cccc(-c3cn4ccccc4n3)c1)CC2. The summed E-state index contributed by atoms with van der Waals surface area (Å²) in [6, 6.07) is 23.7. The van der Waals surface area contributed by atoms with E-state index in [9.17, 15) is 9.59 Å². The second kappa shape index (κ2) is 11.5. The molecule has 0 radical (unpaired) electrons. The summed E-state index contributed by atoms with van der Waals surface area (Å²) in [6.07, 6.45) is 12.4. The van der Waals surface area contributed by atoms with Crippen LogP contribution in [0.3, 0.4) is 0 Å². The highest BCUT2D eigenvalue weighted by Gasteiger charge is 2.40. The lowest BCUT2D eigenvalue weighted by Gasteiger charge is -2.47. The first-order valence-electron chi connectivity index (χ1n) is 15.2. The average Bonchev–Trinajstić information content (AvgIpc) is 3.50. The van der Waals surface area contributed by atoms with Gasteiger partial charge in [-0.25, -0.2) is 4.98 Å². The second-order valence-corrected chi connectivity index (χ2v) is 11.9. The lowest BCUT2D eigenvalue weighted by Crippen LogP contribution is -2.50. The monoisotopic (exact) mass is 572 g/mol. The van der Waals surface area contributed by atoms with Crippen molar-refractivity contribution in [3.05, 3.63) is 103 Å². The van der Waals surface area contributed by atoms with Gasteiger partial charge in [0.15, 0.2) is 0 Å². The zero-order chi connectivity index (χ0) is 29.2. The molecular formula is C35H36N6O2. The number of anilines is 1. The van der Waals surface area contributed by atoms with Crippen molar-refractivity contribution in [2.45, 2.75) is 38.3 Å². The Bertz CT molecular complexity index is 1660. The van der Waals surface area contributed by atoms with Crippen LogP contribution in [-0.4, -0.2) is 69.1 Å². The minimum Gasteiger partial charge on any atom is -0.364 e. The maximum absolute atomic E-state index is 13.5. The van der Waals surface area contributed by atoms with Crippen LogP contribution in [0.2, 0.25) is 0 Å². The molecule has 0 aliphatic carbocycles. The van der Waals surface area contributed by atoms with Crippen LogP contribution in [0.1, 0.15) is 42.5 Å². The Morgan fingerprint density at radius 3 is 2.28 bits per heavy atom. The van der Waals surface area contributed by atoms with Gasteiger partial charge in [0.05, 0.1) is 5.69 Å². The van der Waals surface area contributed by atoms with E-state index in [1.807, 2.05) is 112 Å². The Morgan fingerprint density at radius 2 is 1.53 bits per heavy atom. The molecule has 0 saturated carbocycles. The number of aromatic nitrogens is 2. The fourth-order valence-corrected chi connectivity index (χ4v) is 6.61. The molecule has 7 rings (SSSR count). The third-order valence-electron chi connectivity index (χ3n) is 9.25. The van der Waals surface area contributed by atoms with Crippen LogP contribution in [0.4, 0.5) is 5.69 Å². The molecule has 2 aromatic carbocycles. The van der Waals surface area contributed by atoms with E-state index in [0.717, 1.165) is 80.9 Å². The van der Waals surface area contributed by atoms with Crippen molar-refractivity contribution < 1.29 is 9.59 Å². The van der Waals surface area contributed by atoms with E-state index in [0.29, 0.717) is 11.3 Å². The van der Waals surface area contributed by atoms with E-state index in [4.69, 9.17) is 9.98 Å². The minimum atomic E-state index is -0.135. The summed E-state index contributed by atoms with van der Waals surface area (Å²) in [5.74, 6) is 0.0950. The van der Waals surface area contributed by atoms with Crippen LogP contribution < -0.4 is 5.32 Å². The molecular weight excluding hydrogens is 536 g/mol. The topological polar surface area (TPSA) is 82.3 Å². The molecule has 2 saturated heterocycles. The lowest BCUT2D eigenvalue weighted by atomic mass is 9.71. The van der Waals surface area contributed by atoms with Crippen molar-refractivity contribution in [2.24, 2.45) is 10.4 Å². The molecule has 218 valence electrons. The molecule has 1 unspecified atom stereocenters. The van der Waals surface area contributed by atoms with Crippen molar-refractivity contribution in [3.63, 3.8) is 0 Å². The number of dihydropyridines is 1. The quantitative estimate of drug-likeness (QED) is 0.333.